The number of aromatic nitrogens is 4. The van der Waals surface area contributed by atoms with Crippen LogP contribution in [0.5, 0.6) is 0 Å². The summed E-state index contributed by atoms with van der Waals surface area (Å²) in [7, 11) is 0. The van der Waals surface area contributed by atoms with Gasteiger partial charge in [0, 0.05) is 11.8 Å². The lowest BCUT2D eigenvalue weighted by molar-refractivity contribution is 0.870. The van der Waals surface area contributed by atoms with Crippen molar-refractivity contribution in [1.29, 1.82) is 0 Å². The number of nitrogens with one attached hydrogen (secondary N) is 2. The Morgan fingerprint density at radius 1 is 1.62 bits per heavy atom. The molecule has 0 aliphatic rings. The summed E-state index contributed by atoms with van der Waals surface area (Å²) < 4.78 is 1.24. The fourth-order valence-electron chi connectivity index (χ4n) is 1.23. The number of hydrogen-bond donors (Lipinski definition) is 2. The highest BCUT2D eigenvalue weighted by Crippen LogP contribution is 2.07. The van der Waals surface area contributed by atoms with E-state index in [1.807, 2.05) is 6.07 Å². The molecule has 2 aromatic heterocycles. The number of nitrogens with zero attached hydrogens (tertiary/aromatic N) is 3. The summed E-state index contributed by atoms with van der Waals surface area (Å²) in [5, 5.41) is 13.9. The van der Waals surface area contributed by atoms with Gasteiger partial charge in [0.2, 0.25) is 0 Å². The normalized spacial score (nSPS) is 12.9. The van der Waals surface area contributed by atoms with Crippen molar-refractivity contribution in [2.24, 2.45) is 0 Å². The van der Waals surface area contributed by atoms with Crippen molar-refractivity contribution in [3.8, 4) is 0 Å². The van der Waals surface area contributed by atoms with Crippen LogP contribution in [0.4, 0.5) is 5.82 Å². The highest BCUT2D eigenvalue weighted by Gasteiger charge is 2.03. The molecule has 0 bridgehead atoms. The number of aromatic amines is 1. The lowest BCUT2D eigenvalue weighted by atomic mass is 10.4. The Labute approximate surface area is 96.4 Å². The van der Waals surface area contributed by atoms with E-state index in [9.17, 15) is 4.79 Å². The van der Waals surface area contributed by atoms with Crippen LogP contribution in [-0.4, -0.2) is 37.9 Å². The van der Waals surface area contributed by atoms with Gasteiger partial charge in [0.1, 0.15) is 5.82 Å². The smallest absolute Gasteiger partial charge is 0.364 e. The number of hydrogen-bond acceptors (Lipinski definition) is 5. The van der Waals surface area contributed by atoms with E-state index in [0.717, 1.165) is 6.54 Å². The molecule has 0 aliphatic carbocycles. The summed E-state index contributed by atoms with van der Waals surface area (Å²) in [5.74, 6) is 0.678. The van der Waals surface area contributed by atoms with E-state index in [2.05, 4.69) is 33.8 Å². The third-order valence-corrected chi connectivity index (χ3v) is 3.22. The Morgan fingerprint density at radius 2 is 2.44 bits per heavy atom. The first-order valence-corrected chi connectivity index (χ1v) is 6.20. The zero-order valence-corrected chi connectivity index (χ0v) is 9.91. The fourth-order valence-corrected chi connectivity index (χ4v) is 1.48. The molecule has 0 aliphatic heterocycles. The van der Waals surface area contributed by atoms with Gasteiger partial charge in [0.25, 0.3) is 0 Å². The van der Waals surface area contributed by atoms with Crippen molar-refractivity contribution in [1.82, 2.24) is 19.8 Å². The Balaban J connectivity index is 2.19. The lowest BCUT2D eigenvalue weighted by Gasteiger charge is -2.09. The summed E-state index contributed by atoms with van der Waals surface area (Å²) in [6, 6.07) is 3.56. The minimum absolute atomic E-state index is 0.323. The molecule has 7 heteroatoms. The first kappa shape index (κ1) is 11.0. The molecule has 0 spiro atoms. The highest BCUT2D eigenvalue weighted by molar-refractivity contribution is 7.99. The molecule has 16 heavy (non-hydrogen) atoms. The van der Waals surface area contributed by atoms with Crippen LogP contribution >= 0.6 is 11.8 Å². The molecule has 2 rings (SSSR count). The van der Waals surface area contributed by atoms with Gasteiger partial charge in [-0.2, -0.15) is 21.4 Å². The predicted octanol–water partition coefficient (Wildman–Crippen LogP) is 0.581. The maximum atomic E-state index is 11.3. The first-order chi connectivity index (χ1) is 7.70. The molecule has 6 nitrogen and oxygen atoms in total. The summed E-state index contributed by atoms with van der Waals surface area (Å²) in [5.41, 5.74) is 0.199. The van der Waals surface area contributed by atoms with Gasteiger partial charge >= 0.3 is 5.69 Å². The molecule has 0 radical (unpaired) electrons. The summed E-state index contributed by atoms with van der Waals surface area (Å²) in [6.45, 7) is 2.94. The van der Waals surface area contributed by atoms with Gasteiger partial charge in [-0.3, -0.25) is 0 Å². The van der Waals surface area contributed by atoms with Gasteiger partial charge in [-0.1, -0.05) is 6.92 Å². The number of H-pyrrole nitrogens is 1. The summed E-state index contributed by atoms with van der Waals surface area (Å²) in [6.07, 6.45) is 2.06. The second-order valence-corrected chi connectivity index (χ2v) is 4.72. The number of anilines is 1. The maximum Gasteiger partial charge on any atom is 0.364 e. The molecular weight excluding hydrogens is 226 g/mol. The molecule has 2 N–H and O–H groups in total. The number of rotatable bonds is 4. The Kier molecular flexibility index (Phi) is 3.14. The quantitative estimate of drug-likeness (QED) is 0.816. The van der Waals surface area contributed by atoms with Gasteiger partial charge in [-0.15, -0.1) is 5.10 Å². The second kappa shape index (κ2) is 4.56. The van der Waals surface area contributed by atoms with Crippen molar-refractivity contribution < 1.29 is 0 Å². The van der Waals surface area contributed by atoms with Crippen LogP contribution in [-0.2, 0) is 0 Å². The lowest BCUT2D eigenvalue weighted by Crippen LogP contribution is -2.17. The molecule has 1 unspecified atom stereocenters. The summed E-state index contributed by atoms with van der Waals surface area (Å²) in [4.78, 5) is 11.3. The largest absolute Gasteiger partial charge is 0.368 e. The van der Waals surface area contributed by atoms with Gasteiger partial charge in [-0.05, 0) is 18.4 Å². The molecule has 86 valence electrons. The summed E-state index contributed by atoms with van der Waals surface area (Å²) >= 11 is 1.78. The van der Waals surface area contributed by atoms with Crippen molar-refractivity contribution in [2.75, 3.05) is 18.1 Å². The van der Waals surface area contributed by atoms with Crippen LogP contribution in [0.15, 0.2) is 16.9 Å². The maximum absolute atomic E-state index is 11.3. The van der Waals surface area contributed by atoms with E-state index in [0.29, 0.717) is 16.7 Å². The SMILES string of the molecule is CSC(C)CNc1ccc2n[nH]c(=O)n2n1. The van der Waals surface area contributed by atoms with E-state index in [-0.39, 0.29) is 5.69 Å². The van der Waals surface area contributed by atoms with Gasteiger partial charge in [-0.25, -0.2) is 9.89 Å². The molecule has 2 aromatic rings. The standard InChI is InChI=1S/C9H13N5OS/c1-6(16-2)5-10-7-3-4-8-11-12-9(15)14(8)13-7/h3-4,6H,5H2,1-2H3,(H,10,13)(H,12,15). The minimum atomic E-state index is -0.323. The van der Waals surface area contributed by atoms with Crippen molar-refractivity contribution in [3.05, 3.63) is 22.6 Å². The molecule has 0 amide bonds. The van der Waals surface area contributed by atoms with E-state index in [1.54, 1.807) is 17.8 Å². The van der Waals surface area contributed by atoms with Crippen LogP contribution in [0.1, 0.15) is 6.92 Å². The zero-order valence-electron chi connectivity index (χ0n) is 9.10. The predicted molar refractivity (Wildman–Crippen MR) is 65.1 cm³/mol. The van der Waals surface area contributed by atoms with Crippen molar-refractivity contribution >= 4 is 23.2 Å². The van der Waals surface area contributed by atoms with Crippen LogP contribution in [0.25, 0.3) is 5.65 Å². The average Bonchev–Trinajstić information content (AvgIpc) is 2.68. The number of fused-ring (bicyclic) bond motifs is 1. The molecule has 0 saturated carbocycles. The highest BCUT2D eigenvalue weighted by atomic mass is 32.2. The Bertz CT molecular complexity index is 534. The van der Waals surface area contributed by atoms with E-state index in [4.69, 9.17) is 0 Å². The number of thioether (sulfide) groups is 1. The molecule has 0 aromatic carbocycles. The van der Waals surface area contributed by atoms with Gasteiger partial charge in [0.15, 0.2) is 5.65 Å². The first-order valence-electron chi connectivity index (χ1n) is 4.92. The second-order valence-electron chi connectivity index (χ2n) is 3.44. The molecule has 2 heterocycles. The van der Waals surface area contributed by atoms with Crippen LogP contribution in [0.2, 0.25) is 0 Å². The van der Waals surface area contributed by atoms with E-state index < -0.39 is 0 Å². The molecule has 1 atom stereocenters. The van der Waals surface area contributed by atoms with E-state index in [1.165, 1.54) is 4.52 Å². The van der Waals surface area contributed by atoms with Crippen molar-refractivity contribution in [2.45, 2.75) is 12.2 Å². The fraction of sp³-hybridized carbons (Fsp3) is 0.444. The zero-order chi connectivity index (χ0) is 11.5. The topological polar surface area (TPSA) is 75.1 Å². The monoisotopic (exact) mass is 239 g/mol. The third-order valence-electron chi connectivity index (χ3n) is 2.25. The van der Waals surface area contributed by atoms with Crippen molar-refractivity contribution in [3.63, 3.8) is 0 Å². The van der Waals surface area contributed by atoms with Gasteiger partial charge < -0.3 is 5.32 Å². The minimum Gasteiger partial charge on any atom is -0.368 e. The van der Waals surface area contributed by atoms with Crippen LogP contribution in [0.3, 0.4) is 0 Å². The van der Waals surface area contributed by atoms with Crippen LogP contribution < -0.4 is 11.0 Å². The van der Waals surface area contributed by atoms with Gasteiger partial charge in [0.05, 0.1) is 0 Å². The average molecular weight is 239 g/mol. The Hall–Kier alpha value is -1.50. The van der Waals surface area contributed by atoms with Crippen LogP contribution in [0, 0.1) is 0 Å². The molecule has 0 fully saturated rings. The van der Waals surface area contributed by atoms with E-state index >= 15 is 0 Å². The Morgan fingerprint density at radius 3 is 3.19 bits per heavy atom. The molecular formula is C9H13N5OS. The molecule has 0 saturated heterocycles. The third kappa shape index (κ3) is 2.19.